The molecule has 0 aromatic carbocycles. The molecule has 1 aromatic heterocycles. The Balaban J connectivity index is 3.00. The van der Waals surface area contributed by atoms with Crippen LogP contribution in [0.3, 0.4) is 0 Å². The Hall–Kier alpha value is -1.18. The van der Waals surface area contributed by atoms with E-state index in [-0.39, 0.29) is 0 Å². The van der Waals surface area contributed by atoms with Gasteiger partial charge in [0.15, 0.2) is 5.82 Å². The third-order valence-corrected chi connectivity index (χ3v) is 2.80. The third kappa shape index (κ3) is 3.41. The average molecular weight is 280 g/mol. The van der Waals surface area contributed by atoms with Gasteiger partial charge in [-0.15, -0.1) is 0 Å². The normalized spacial score (nSPS) is 13.6. The number of halogens is 3. The molecular weight excluding hydrogens is 265 g/mol. The van der Waals surface area contributed by atoms with E-state index in [4.69, 9.17) is 5.73 Å². The Morgan fingerprint density at radius 2 is 2.00 bits per heavy atom. The number of rotatable bonds is 5. The van der Waals surface area contributed by atoms with Gasteiger partial charge in [-0.2, -0.15) is 18.3 Å². The van der Waals surface area contributed by atoms with Crippen LogP contribution in [0, 0.1) is 5.92 Å². The van der Waals surface area contributed by atoms with Gasteiger partial charge in [-0.05, 0) is 0 Å². The highest BCUT2D eigenvalue weighted by Gasteiger charge is 2.42. The van der Waals surface area contributed by atoms with E-state index in [2.05, 4.69) is 22.3 Å². The van der Waals surface area contributed by atoms with Crippen molar-refractivity contribution in [3.05, 3.63) is 11.6 Å². The van der Waals surface area contributed by atoms with Gasteiger partial charge >= 0.3 is 6.18 Å². The predicted octanol–water partition coefficient (Wildman–Crippen LogP) is 1.87. The number of hydrogen-bond donors (Lipinski definition) is 1. The van der Waals surface area contributed by atoms with Crippen molar-refractivity contribution in [2.45, 2.75) is 39.4 Å². The Labute approximate surface area is 108 Å². The minimum absolute atomic E-state index is 0.408. The molecule has 0 spiro atoms. The summed E-state index contributed by atoms with van der Waals surface area (Å²) in [6.45, 7) is 3.24. The van der Waals surface area contributed by atoms with E-state index in [1.807, 2.05) is 13.8 Å². The van der Waals surface area contributed by atoms with Gasteiger partial charge in [0.25, 0.3) is 0 Å². The molecule has 2 N–H and O–H groups in total. The fraction of sp³-hybridized carbons (Fsp3) is 0.700. The maximum absolute atomic E-state index is 12.8. The van der Waals surface area contributed by atoms with Crippen molar-refractivity contribution >= 4 is 17.2 Å². The van der Waals surface area contributed by atoms with E-state index >= 15 is 0 Å². The number of aryl methyl sites for hydroxylation is 2. The largest absolute Gasteiger partial charge is 0.399 e. The Bertz CT molecular complexity index is 427. The van der Waals surface area contributed by atoms with Crippen molar-refractivity contribution in [1.82, 2.24) is 14.8 Å². The number of alkyl halides is 3. The number of nitrogens with two attached hydrogens (primary N) is 1. The van der Waals surface area contributed by atoms with Crippen molar-refractivity contribution in [2.75, 3.05) is 0 Å². The van der Waals surface area contributed by atoms with Gasteiger partial charge < -0.3 is 5.73 Å². The summed E-state index contributed by atoms with van der Waals surface area (Å²) in [6.07, 6.45) is -3.38. The van der Waals surface area contributed by atoms with Gasteiger partial charge in [-0.25, -0.2) is 9.67 Å². The molecule has 0 aliphatic rings. The molecule has 0 aliphatic heterocycles. The van der Waals surface area contributed by atoms with Gasteiger partial charge in [0.2, 0.25) is 0 Å². The summed E-state index contributed by atoms with van der Waals surface area (Å²) < 4.78 is 39.5. The number of thiocarbonyl (C=S) groups is 1. The monoisotopic (exact) mass is 280 g/mol. The van der Waals surface area contributed by atoms with Crippen molar-refractivity contribution in [3.63, 3.8) is 0 Å². The molecule has 0 fully saturated rings. The zero-order valence-electron chi connectivity index (χ0n) is 10.2. The fourth-order valence-electron chi connectivity index (χ4n) is 1.51. The summed E-state index contributed by atoms with van der Waals surface area (Å²) in [7, 11) is 0. The molecule has 4 nitrogen and oxygen atoms in total. The quantitative estimate of drug-likeness (QED) is 0.837. The lowest BCUT2D eigenvalue weighted by molar-refractivity contribution is -0.158. The second-order valence-corrected chi connectivity index (χ2v) is 4.30. The molecule has 0 saturated carbocycles. The van der Waals surface area contributed by atoms with Crippen LogP contribution in [0.5, 0.6) is 0 Å². The van der Waals surface area contributed by atoms with E-state index in [9.17, 15) is 13.2 Å². The average Bonchev–Trinajstić information content (AvgIpc) is 2.66. The van der Waals surface area contributed by atoms with E-state index in [1.54, 1.807) is 0 Å². The molecule has 0 saturated heterocycles. The number of nitrogens with zero attached hydrogens (tertiary/aromatic N) is 3. The van der Waals surface area contributed by atoms with Crippen LogP contribution in [0.15, 0.2) is 0 Å². The maximum Gasteiger partial charge on any atom is 0.399 e. The van der Waals surface area contributed by atoms with Crippen LogP contribution in [-0.2, 0) is 19.4 Å². The molecule has 1 atom stereocenters. The van der Waals surface area contributed by atoms with Gasteiger partial charge in [0.05, 0.1) is 11.5 Å². The molecule has 8 heteroatoms. The van der Waals surface area contributed by atoms with Crippen LogP contribution < -0.4 is 5.73 Å². The Morgan fingerprint density at radius 3 is 2.39 bits per heavy atom. The predicted molar refractivity (Wildman–Crippen MR) is 65.1 cm³/mol. The van der Waals surface area contributed by atoms with Crippen molar-refractivity contribution in [2.24, 2.45) is 11.7 Å². The summed E-state index contributed by atoms with van der Waals surface area (Å²) in [5.41, 5.74) is 5.15. The minimum atomic E-state index is -4.46. The first-order valence-corrected chi connectivity index (χ1v) is 5.99. The molecule has 18 heavy (non-hydrogen) atoms. The van der Waals surface area contributed by atoms with Gasteiger partial charge in [0.1, 0.15) is 11.7 Å². The molecule has 1 aromatic rings. The van der Waals surface area contributed by atoms with Crippen LogP contribution in [0.25, 0.3) is 0 Å². The lowest BCUT2D eigenvalue weighted by Crippen LogP contribution is -2.38. The highest BCUT2D eigenvalue weighted by molar-refractivity contribution is 7.80. The first-order chi connectivity index (χ1) is 8.29. The standard InChI is InChI=1S/C10H15F3N4S/c1-3-7-15-8(4-2)17(16-7)5-6(9(14)18)10(11,12)13/h6H,3-5H2,1-2H3,(H2,14,18). The zero-order valence-corrected chi connectivity index (χ0v) is 11.0. The van der Waals surface area contributed by atoms with E-state index in [0.717, 1.165) is 0 Å². The second-order valence-electron chi connectivity index (χ2n) is 3.83. The molecule has 0 amide bonds. The van der Waals surface area contributed by atoms with Gasteiger partial charge in [0, 0.05) is 12.8 Å². The molecule has 1 unspecified atom stereocenters. The molecule has 0 aliphatic carbocycles. The number of hydrogen-bond acceptors (Lipinski definition) is 3. The minimum Gasteiger partial charge on any atom is -0.393 e. The van der Waals surface area contributed by atoms with Gasteiger partial charge in [-0.1, -0.05) is 26.1 Å². The maximum atomic E-state index is 12.8. The molecule has 1 rings (SSSR count). The summed E-state index contributed by atoms with van der Waals surface area (Å²) in [5, 5.41) is 4.03. The fourth-order valence-corrected chi connectivity index (χ4v) is 1.72. The van der Waals surface area contributed by atoms with Crippen LogP contribution in [0.4, 0.5) is 13.2 Å². The highest BCUT2D eigenvalue weighted by Crippen LogP contribution is 2.28. The summed E-state index contributed by atoms with van der Waals surface area (Å²) >= 11 is 4.48. The van der Waals surface area contributed by atoms with E-state index < -0.39 is 23.6 Å². The summed E-state index contributed by atoms with van der Waals surface area (Å²) in [6, 6.07) is 0. The van der Waals surface area contributed by atoms with Crippen molar-refractivity contribution in [3.8, 4) is 0 Å². The van der Waals surface area contributed by atoms with E-state index in [1.165, 1.54) is 4.68 Å². The molecular formula is C10H15F3N4S. The topological polar surface area (TPSA) is 56.7 Å². The molecule has 1 heterocycles. The van der Waals surface area contributed by atoms with Crippen LogP contribution in [0.2, 0.25) is 0 Å². The zero-order chi connectivity index (χ0) is 13.9. The second kappa shape index (κ2) is 5.64. The molecule has 0 radical (unpaired) electrons. The van der Waals surface area contributed by atoms with Crippen LogP contribution in [0.1, 0.15) is 25.5 Å². The smallest absolute Gasteiger partial charge is 0.393 e. The first-order valence-electron chi connectivity index (χ1n) is 5.58. The molecule has 102 valence electrons. The third-order valence-electron chi connectivity index (χ3n) is 2.52. The van der Waals surface area contributed by atoms with E-state index in [0.29, 0.717) is 24.5 Å². The summed E-state index contributed by atoms with van der Waals surface area (Å²) in [4.78, 5) is 3.57. The van der Waals surface area contributed by atoms with Crippen molar-refractivity contribution < 1.29 is 13.2 Å². The Kier molecular flexibility index (Phi) is 4.66. The SMILES string of the molecule is CCc1nc(CC)n(CC(C(N)=S)C(F)(F)F)n1. The van der Waals surface area contributed by atoms with Crippen LogP contribution >= 0.6 is 12.2 Å². The Morgan fingerprint density at radius 1 is 1.39 bits per heavy atom. The molecule has 0 bridgehead atoms. The first kappa shape index (κ1) is 14.9. The highest BCUT2D eigenvalue weighted by atomic mass is 32.1. The van der Waals surface area contributed by atoms with Crippen molar-refractivity contribution in [1.29, 1.82) is 0 Å². The van der Waals surface area contributed by atoms with Crippen LogP contribution in [-0.4, -0.2) is 25.9 Å². The number of aromatic nitrogens is 3. The lowest BCUT2D eigenvalue weighted by atomic mass is 10.1. The lowest BCUT2D eigenvalue weighted by Gasteiger charge is -2.19. The summed E-state index contributed by atoms with van der Waals surface area (Å²) in [5.74, 6) is -0.836. The van der Waals surface area contributed by atoms with Gasteiger partial charge in [-0.3, -0.25) is 0 Å².